The highest BCUT2D eigenvalue weighted by atomic mass is 31.1. The predicted octanol–water partition coefficient (Wildman–Crippen LogP) is 2.54. The van der Waals surface area contributed by atoms with Crippen LogP contribution in [-0.2, 0) is 9.32 Å². The molecule has 64 valence electrons. The van der Waals surface area contributed by atoms with E-state index in [1.807, 2.05) is 6.66 Å². The van der Waals surface area contributed by atoms with Crippen molar-refractivity contribution in [2.24, 2.45) is 0 Å². The molecule has 0 fully saturated rings. The molecule has 0 saturated carbocycles. The molecule has 0 bridgehead atoms. The van der Waals surface area contributed by atoms with Crippen LogP contribution in [-0.4, -0.2) is 18.6 Å². The van der Waals surface area contributed by atoms with Crippen LogP contribution in [0.15, 0.2) is 12.3 Å². The number of hydrogen-bond donors (Lipinski definition) is 0. The Kier molecular flexibility index (Phi) is 5.14. The van der Waals surface area contributed by atoms with E-state index in [0.717, 1.165) is 12.6 Å². The molecule has 0 spiro atoms. The summed E-state index contributed by atoms with van der Waals surface area (Å²) in [5.74, 6) is 0.225. The van der Waals surface area contributed by atoms with Gasteiger partial charge < -0.3 is 4.52 Å². The third-order valence-electron chi connectivity index (χ3n) is 1.20. The molecule has 0 radical (unpaired) electrons. The standard InChI is InChI=1S/C8H15O2P/c1-5-6-11(4)10-8(3)7(2)9/h3,5-6H2,1-2,4H3. The zero-order valence-electron chi connectivity index (χ0n) is 7.39. The first-order chi connectivity index (χ1) is 5.07. The summed E-state index contributed by atoms with van der Waals surface area (Å²) in [6.07, 6.45) is 2.12. The summed E-state index contributed by atoms with van der Waals surface area (Å²) in [5.41, 5.74) is 0. The van der Waals surface area contributed by atoms with Crippen molar-refractivity contribution in [3.8, 4) is 0 Å². The summed E-state index contributed by atoms with van der Waals surface area (Å²) >= 11 is 0. The first-order valence-electron chi connectivity index (χ1n) is 3.66. The van der Waals surface area contributed by atoms with Gasteiger partial charge in [0.15, 0.2) is 11.5 Å². The minimum atomic E-state index is -0.473. The molecule has 0 N–H and O–H groups in total. The van der Waals surface area contributed by atoms with Crippen LogP contribution in [0.5, 0.6) is 0 Å². The van der Waals surface area contributed by atoms with Crippen molar-refractivity contribution in [3.63, 3.8) is 0 Å². The number of ketones is 1. The molecule has 0 aliphatic rings. The summed E-state index contributed by atoms with van der Waals surface area (Å²) in [5, 5.41) is 0. The van der Waals surface area contributed by atoms with Gasteiger partial charge in [-0.3, -0.25) is 4.79 Å². The summed E-state index contributed by atoms with van der Waals surface area (Å²) in [6, 6.07) is 0. The minimum Gasteiger partial charge on any atom is -0.471 e. The van der Waals surface area contributed by atoms with Crippen LogP contribution in [0.4, 0.5) is 0 Å². The maximum absolute atomic E-state index is 10.7. The fourth-order valence-corrected chi connectivity index (χ4v) is 1.84. The number of rotatable bonds is 5. The van der Waals surface area contributed by atoms with E-state index in [4.69, 9.17) is 4.52 Å². The molecule has 11 heavy (non-hydrogen) atoms. The lowest BCUT2D eigenvalue weighted by Gasteiger charge is -2.12. The second-order valence-corrected chi connectivity index (χ2v) is 4.31. The normalized spacial score (nSPS) is 12.3. The molecular weight excluding hydrogens is 159 g/mol. The van der Waals surface area contributed by atoms with Gasteiger partial charge in [-0.25, -0.2) is 0 Å². The smallest absolute Gasteiger partial charge is 0.193 e. The van der Waals surface area contributed by atoms with Crippen molar-refractivity contribution < 1.29 is 9.32 Å². The van der Waals surface area contributed by atoms with E-state index in [9.17, 15) is 4.79 Å². The highest BCUT2D eigenvalue weighted by Crippen LogP contribution is 2.35. The van der Waals surface area contributed by atoms with Gasteiger partial charge in [0.25, 0.3) is 0 Å². The Morgan fingerprint density at radius 1 is 1.64 bits per heavy atom. The van der Waals surface area contributed by atoms with Gasteiger partial charge in [-0.15, -0.1) is 0 Å². The highest BCUT2D eigenvalue weighted by Gasteiger charge is 2.06. The lowest BCUT2D eigenvalue weighted by atomic mass is 10.4. The molecule has 0 aromatic heterocycles. The molecule has 0 rings (SSSR count). The Morgan fingerprint density at radius 2 is 2.18 bits per heavy atom. The molecule has 0 saturated heterocycles. The summed E-state index contributed by atoms with van der Waals surface area (Å²) in [7, 11) is -0.473. The Labute approximate surface area is 69.5 Å². The van der Waals surface area contributed by atoms with Crippen LogP contribution in [0.3, 0.4) is 0 Å². The molecule has 1 unspecified atom stereocenters. The molecular formula is C8H15O2P. The third kappa shape index (κ3) is 4.97. The van der Waals surface area contributed by atoms with Crippen molar-refractivity contribution in [3.05, 3.63) is 12.3 Å². The van der Waals surface area contributed by atoms with Crippen LogP contribution in [0.25, 0.3) is 0 Å². The van der Waals surface area contributed by atoms with Crippen molar-refractivity contribution in [2.45, 2.75) is 20.3 Å². The SMILES string of the molecule is C=C(OP(C)CCC)C(C)=O. The fourth-order valence-electron chi connectivity index (χ4n) is 0.613. The monoisotopic (exact) mass is 174 g/mol. The number of carbonyl (C=O) groups is 1. The zero-order chi connectivity index (χ0) is 8.85. The topological polar surface area (TPSA) is 26.3 Å². The van der Waals surface area contributed by atoms with E-state index < -0.39 is 8.15 Å². The van der Waals surface area contributed by atoms with Gasteiger partial charge in [0.1, 0.15) is 0 Å². The number of carbonyl (C=O) groups excluding carboxylic acids is 1. The molecule has 0 aliphatic carbocycles. The molecule has 1 atom stereocenters. The van der Waals surface area contributed by atoms with Gasteiger partial charge in [-0.05, 0) is 13.1 Å². The Bertz CT molecular complexity index is 154. The lowest BCUT2D eigenvalue weighted by molar-refractivity contribution is -0.115. The van der Waals surface area contributed by atoms with Gasteiger partial charge in [-0.1, -0.05) is 13.5 Å². The Balaban J connectivity index is 3.66. The van der Waals surface area contributed by atoms with Gasteiger partial charge in [0, 0.05) is 13.1 Å². The Hall–Kier alpha value is -0.360. The fraction of sp³-hybridized carbons (Fsp3) is 0.625. The second-order valence-electron chi connectivity index (χ2n) is 2.42. The molecule has 0 aromatic carbocycles. The van der Waals surface area contributed by atoms with Crippen LogP contribution in [0.1, 0.15) is 20.3 Å². The van der Waals surface area contributed by atoms with E-state index in [0.29, 0.717) is 5.76 Å². The lowest BCUT2D eigenvalue weighted by Crippen LogP contribution is -1.97. The molecule has 0 aromatic rings. The van der Waals surface area contributed by atoms with E-state index >= 15 is 0 Å². The number of allylic oxidation sites excluding steroid dienone is 1. The summed E-state index contributed by atoms with van der Waals surface area (Å²) in [6.45, 7) is 9.09. The van der Waals surface area contributed by atoms with Crippen molar-refractivity contribution in [2.75, 3.05) is 12.8 Å². The quantitative estimate of drug-likeness (QED) is 0.363. The van der Waals surface area contributed by atoms with E-state index in [1.54, 1.807) is 0 Å². The zero-order valence-corrected chi connectivity index (χ0v) is 8.28. The van der Waals surface area contributed by atoms with Crippen molar-refractivity contribution >= 4 is 13.9 Å². The second kappa shape index (κ2) is 5.31. The first-order valence-corrected chi connectivity index (χ1v) is 5.56. The van der Waals surface area contributed by atoms with Crippen LogP contribution >= 0.6 is 8.15 Å². The minimum absolute atomic E-state index is 0.0737. The number of hydrogen-bond acceptors (Lipinski definition) is 2. The van der Waals surface area contributed by atoms with Crippen LogP contribution < -0.4 is 0 Å². The van der Waals surface area contributed by atoms with Gasteiger partial charge in [0.05, 0.1) is 8.15 Å². The van der Waals surface area contributed by atoms with Gasteiger partial charge in [-0.2, -0.15) is 0 Å². The maximum atomic E-state index is 10.7. The van der Waals surface area contributed by atoms with E-state index in [1.165, 1.54) is 6.92 Å². The highest BCUT2D eigenvalue weighted by molar-refractivity contribution is 7.51. The van der Waals surface area contributed by atoms with Crippen molar-refractivity contribution in [1.29, 1.82) is 0 Å². The molecule has 2 nitrogen and oxygen atoms in total. The summed E-state index contributed by atoms with van der Waals surface area (Å²) < 4.78 is 5.27. The van der Waals surface area contributed by atoms with Gasteiger partial charge in [0.2, 0.25) is 0 Å². The maximum Gasteiger partial charge on any atom is 0.193 e. The van der Waals surface area contributed by atoms with E-state index in [2.05, 4.69) is 13.5 Å². The van der Waals surface area contributed by atoms with Crippen LogP contribution in [0.2, 0.25) is 0 Å². The van der Waals surface area contributed by atoms with Crippen LogP contribution in [0, 0.1) is 0 Å². The molecule has 0 aliphatic heterocycles. The first kappa shape index (κ1) is 10.6. The summed E-state index contributed by atoms with van der Waals surface area (Å²) in [4.78, 5) is 10.7. The number of Topliss-reactive ketones (excluding diaryl/α,β-unsaturated/α-hetero) is 1. The molecule has 0 heterocycles. The Morgan fingerprint density at radius 3 is 2.55 bits per heavy atom. The largest absolute Gasteiger partial charge is 0.471 e. The predicted molar refractivity (Wildman–Crippen MR) is 48.9 cm³/mol. The van der Waals surface area contributed by atoms with E-state index in [-0.39, 0.29) is 5.78 Å². The third-order valence-corrected chi connectivity index (χ3v) is 2.81. The molecule has 3 heteroatoms. The average Bonchev–Trinajstić information content (AvgIpc) is 1.87. The average molecular weight is 174 g/mol. The molecule has 0 amide bonds. The van der Waals surface area contributed by atoms with Gasteiger partial charge >= 0.3 is 0 Å². The van der Waals surface area contributed by atoms with Crippen molar-refractivity contribution in [1.82, 2.24) is 0 Å².